The summed E-state index contributed by atoms with van der Waals surface area (Å²) in [5, 5.41) is 0. The molecule has 4 nitrogen and oxygen atoms in total. The van der Waals surface area contributed by atoms with Gasteiger partial charge in [0.15, 0.2) is 0 Å². The monoisotopic (exact) mass is 261 g/mol. The predicted molar refractivity (Wildman–Crippen MR) is 79.5 cm³/mol. The normalized spacial score (nSPS) is 13.1. The molecule has 1 atom stereocenters. The van der Waals surface area contributed by atoms with E-state index in [4.69, 9.17) is 10.5 Å². The number of hydrogen-bond donors (Lipinski definition) is 1. The lowest BCUT2D eigenvalue weighted by Gasteiger charge is -2.17. The second-order valence-corrected chi connectivity index (χ2v) is 5.51. The maximum absolute atomic E-state index is 6.06. The van der Waals surface area contributed by atoms with Gasteiger partial charge in [-0.2, -0.15) is 0 Å². The van der Waals surface area contributed by atoms with E-state index in [1.807, 2.05) is 18.2 Å². The van der Waals surface area contributed by atoms with Gasteiger partial charge in [0.25, 0.3) is 0 Å². The molecule has 0 aliphatic rings. The molecule has 0 bridgehead atoms. The Balaban J connectivity index is 2.34. The van der Waals surface area contributed by atoms with Gasteiger partial charge in [0.05, 0.1) is 18.1 Å². The molecule has 1 heterocycles. The number of benzene rings is 1. The average molecular weight is 261 g/mol. The first-order valence-corrected chi connectivity index (χ1v) is 6.84. The van der Waals surface area contributed by atoms with E-state index in [-0.39, 0.29) is 0 Å². The van der Waals surface area contributed by atoms with Gasteiger partial charge in [0, 0.05) is 12.1 Å². The highest BCUT2D eigenvalue weighted by Crippen LogP contribution is 2.28. The Labute approximate surface area is 114 Å². The SMILES string of the molecule is COc1ccc2c(c1)nc(N)n2C(C)CCC(C)C. The van der Waals surface area contributed by atoms with E-state index in [1.54, 1.807) is 7.11 Å². The zero-order valence-electron chi connectivity index (χ0n) is 12.2. The van der Waals surface area contributed by atoms with Crippen LogP contribution in [0.1, 0.15) is 39.7 Å². The van der Waals surface area contributed by atoms with Crippen LogP contribution in [0.4, 0.5) is 5.95 Å². The summed E-state index contributed by atoms with van der Waals surface area (Å²) in [6.07, 6.45) is 2.30. The van der Waals surface area contributed by atoms with Crippen LogP contribution < -0.4 is 10.5 Å². The van der Waals surface area contributed by atoms with Crippen molar-refractivity contribution in [3.05, 3.63) is 18.2 Å². The third kappa shape index (κ3) is 2.83. The Kier molecular flexibility index (Phi) is 3.98. The van der Waals surface area contributed by atoms with Crippen molar-refractivity contribution < 1.29 is 4.74 Å². The standard InChI is InChI=1S/C15H23N3O/c1-10(2)5-6-11(3)18-14-8-7-12(19-4)9-13(14)17-15(18)16/h7-11H,5-6H2,1-4H3,(H2,16,17). The van der Waals surface area contributed by atoms with Crippen molar-refractivity contribution >= 4 is 17.0 Å². The fraction of sp³-hybridized carbons (Fsp3) is 0.533. The van der Waals surface area contributed by atoms with Crippen LogP contribution in [0.5, 0.6) is 5.75 Å². The van der Waals surface area contributed by atoms with E-state index in [9.17, 15) is 0 Å². The molecule has 0 fully saturated rings. The molecule has 2 N–H and O–H groups in total. The molecule has 0 aliphatic heterocycles. The fourth-order valence-corrected chi connectivity index (χ4v) is 2.39. The van der Waals surface area contributed by atoms with Crippen molar-refractivity contribution in [3.63, 3.8) is 0 Å². The summed E-state index contributed by atoms with van der Waals surface area (Å²) < 4.78 is 7.34. The van der Waals surface area contributed by atoms with Gasteiger partial charge < -0.3 is 15.0 Å². The molecule has 0 spiro atoms. The van der Waals surface area contributed by atoms with Crippen LogP contribution in [0.3, 0.4) is 0 Å². The highest BCUT2D eigenvalue weighted by molar-refractivity contribution is 5.80. The first kappa shape index (κ1) is 13.7. The summed E-state index contributed by atoms with van der Waals surface area (Å²) in [6, 6.07) is 6.27. The minimum atomic E-state index is 0.362. The van der Waals surface area contributed by atoms with Crippen LogP contribution in [0, 0.1) is 5.92 Å². The number of methoxy groups -OCH3 is 1. The third-order valence-corrected chi connectivity index (χ3v) is 3.53. The van der Waals surface area contributed by atoms with Gasteiger partial charge in [-0.15, -0.1) is 0 Å². The van der Waals surface area contributed by atoms with Crippen molar-refractivity contribution in [1.29, 1.82) is 0 Å². The van der Waals surface area contributed by atoms with E-state index in [2.05, 4.69) is 30.3 Å². The molecule has 0 saturated carbocycles. The number of nitrogen functional groups attached to an aromatic ring is 1. The quantitative estimate of drug-likeness (QED) is 0.894. The van der Waals surface area contributed by atoms with E-state index >= 15 is 0 Å². The van der Waals surface area contributed by atoms with Gasteiger partial charge in [-0.1, -0.05) is 13.8 Å². The summed E-state index contributed by atoms with van der Waals surface area (Å²) in [5.74, 6) is 2.10. The zero-order valence-corrected chi connectivity index (χ0v) is 12.2. The minimum Gasteiger partial charge on any atom is -0.497 e. The molecule has 0 aliphatic carbocycles. The van der Waals surface area contributed by atoms with Gasteiger partial charge in [0.1, 0.15) is 5.75 Å². The summed E-state index contributed by atoms with van der Waals surface area (Å²) in [4.78, 5) is 4.43. The molecule has 19 heavy (non-hydrogen) atoms. The maximum Gasteiger partial charge on any atom is 0.201 e. The molecular formula is C15H23N3O. The number of hydrogen-bond acceptors (Lipinski definition) is 3. The predicted octanol–water partition coefficient (Wildman–Crippen LogP) is 3.62. The highest BCUT2D eigenvalue weighted by atomic mass is 16.5. The van der Waals surface area contributed by atoms with E-state index in [0.717, 1.165) is 23.2 Å². The molecule has 2 aromatic rings. The molecular weight excluding hydrogens is 238 g/mol. The third-order valence-electron chi connectivity index (χ3n) is 3.53. The zero-order chi connectivity index (χ0) is 14.0. The molecule has 1 aromatic heterocycles. The Morgan fingerprint density at radius 1 is 1.26 bits per heavy atom. The molecule has 0 amide bonds. The number of anilines is 1. The van der Waals surface area contributed by atoms with Gasteiger partial charge in [-0.3, -0.25) is 0 Å². The lowest BCUT2D eigenvalue weighted by Crippen LogP contribution is -2.09. The van der Waals surface area contributed by atoms with E-state index in [0.29, 0.717) is 17.9 Å². The van der Waals surface area contributed by atoms with Crippen molar-refractivity contribution in [1.82, 2.24) is 9.55 Å². The molecule has 1 aromatic carbocycles. The van der Waals surface area contributed by atoms with E-state index < -0.39 is 0 Å². The number of aromatic nitrogens is 2. The summed E-state index contributed by atoms with van der Waals surface area (Å²) in [5.41, 5.74) is 8.04. The number of nitrogens with two attached hydrogens (primary N) is 1. The summed E-state index contributed by atoms with van der Waals surface area (Å²) >= 11 is 0. The van der Waals surface area contributed by atoms with E-state index in [1.165, 1.54) is 6.42 Å². The second kappa shape index (κ2) is 5.51. The molecule has 4 heteroatoms. The average Bonchev–Trinajstić information content (AvgIpc) is 2.70. The fourth-order valence-electron chi connectivity index (χ4n) is 2.39. The first-order valence-electron chi connectivity index (χ1n) is 6.84. The van der Waals surface area contributed by atoms with Crippen molar-refractivity contribution in [2.75, 3.05) is 12.8 Å². The van der Waals surface area contributed by atoms with Gasteiger partial charge in [0.2, 0.25) is 5.95 Å². The van der Waals surface area contributed by atoms with Crippen LogP contribution in [-0.2, 0) is 0 Å². The largest absolute Gasteiger partial charge is 0.497 e. The number of ether oxygens (including phenoxy) is 1. The molecule has 104 valence electrons. The van der Waals surface area contributed by atoms with Crippen LogP contribution in [0.15, 0.2) is 18.2 Å². The van der Waals surface area contributed by atoms with Gasteiger partial charge in [-0.25, -0.2) is 4.98 Å². The smallest absolute Gasteiger partial charge is 0.201 e. The summed E-state index contributed by atoms with van der Waals surface area (Å²) in [7, 11) is 1.66. The molecule has 1 unspecified atom stereocenters. The summed E-state index contributed by atoms with van der Waals surface area (Å²) in [6.45, 7) is 6.68. The second-order valence-electron chi connectivity index (χ2n) is 5.51. The maximum atomic E-state index is 6.06. The molecule has 2 rings (SSSR count). The van der Waals surface area contributed by atoms with Crippen molar-refractivity contribution in [2.45, 2.75) is 39.7 Å². The Bertz CT molecular complexity index is 560. The van der Waals surface area contributed by atoms with Crippen molar-refractivity contribution in [2.24, 2.45) is 5.92 Å². The van der Waals surface area contributed by atoms with Crippen molar-refractivity contribution in [3.8, 4) is 5.75 Å². The topological polar surface area (TPSA) is 53.1 Å². The van der Waals surface area contributed by atoms with Gasteiger partial charge in [-0.05, 0) is 37.8 Å². The number of rotatable bonds is 5. The molecule has 0 radical (unpaired) electrons. The van der Waals surface area contributed by atoms with Crippen LogP contribution >= 0.6 is 0 Å². The Morgan fingerprint density at radius 3 is 2.63 bits per heavy atom. The lowest BCUT2D eigenvalue weighted by molar-refractivity contribution is 0.415. The number of nitrogens with zero attached hydrogens (tertiary/aromatic N) is 2. The van der Waals surface area contributed by atoms with Gasteiger partial charge >= 0.3 is 0 Å². The number of fused-ring (bicyclic) bond motifs is 1. The van der Waals surface area contributed by atoms with Crippen LogP contribution in [-0.4, -0.2) is 16.7 Å². The Morgan fingerprint density at radius 2 is 2.00 bits per heavy atom. The number of imidazole rings is 1. The highest BCUT2D eigenvalue weighted by Gasteiger charge is 2.14. The first-order chi connectivity index (χ1) is 9.02. The van der Waals surface area contributed by atoms with Crippen LogP contribution in [0.2, 0.25) is 0 Å². The Hall–Kier alpha value is -1.71. The van der Waals surface area contributed by atoms with Crippen LogP contribution in [0.25, 0.3) is 11.0 Å². The lowest BCUT2D eigenvalue weighted by atomic mass is 10.0. The molecule has 0 saturated heterocycles. The minimum absolute atomic E-state index is 0.362.